The number of aromatic nitrogens is 2. The predicted molar refractivity (Wildman–Crippen MR) is 111 cm³/mol. The number of carbonyl (C=O) groups excluding carboxylic acids is 1. The summed E-state index contributed by atoms with van der Waals surface area (Å²) in [4.78, 5) is 16.3. The van der Waals surface area contributed by atoms with Crippen LogP contribution in [0.1, 0.15) is 12.8 Å². The third-order valence-electron chi connectivity index (χ3n) is 6.32. The number of piperidine rings is 1. The van der Waals surface area contributed by atoms with Crippen molar-refractivity contribution in [2.24, 2.45) is 5.92 Å². The summed E-state index contributed by atoms with van der Waals surface area (Å²) in [7, 11) is 0. The van der Waals surface area contributed by atoms with Gasteiger partial charge in [-0.25, -0.2) is 0 Å². The molecule has 2 aromatic rings. The smallest absolute Gasteiger partial charge is 0.172 e. The number of anilines is 2. The van der Waals surface area contributed by atoms with Crippen molar-refractivity contribution in [3.05, 3.63) is 30.3 Å². The molecule has 3 aliphatic rings. The van der Waals surface area contributed by atoms with Gasteiger partial charge in [-0.3, -0.25) is 4.90 Å². The Hall–Kier alpha value is -2.71. The molecule has 2 saturated heterocycles. The highest BCUT2D eigenvalue weighted by Gasteiger charge is 2.38. The van der Waals surface area contributed by atoms with Crippen LogP contribution in [0.25, 0.3) is 11.3 Å². The van der Waals surface area contributed by atoms with Gasteiger partial charge in [-0.05, 0) is 37.6 Å². The summed E-state index contributed by atoms with van der Waals surface area (Å²) in [5, 5.41) is 25.8. The van der Waals surface area contributed by atoms with E-state index < -0.39 is 0 Å². The summed E-state index contributed by atoms with van der Waals surface area (Å²) in [6.07, 6.45) is 3.28. The minimum atomic E-state index is 0.0673. The number of carbonyl (C=O) groups is 1. The van der Waals surface area contributed by atoms with E-state index >= 15 is 0 Å². The summed E-state index contributed by atoms with van der Waals surface area (Å²) in [5.74, 6) is 1.06. The second kappa shape index (κ2) is 7.61. The highest BCUT2D eigenvalue weighted by atomic mass is 16.3. The summed E-state index contributed by atoms with van der Waals surface area (Å²) < 4.78 is 0. The van der Waals surface area contributed by atoms with Crippen molar-refractivity contribution in [3.63, 3.8) is 0 Å². The van der Waals surface area contributed by atoms with Gasteiger partial charge in [0.25, 0.3) is 0 Å². The normalized spacial score (nSPS) is 26.9. The molecular weight excluding hydrogens is 368 g/mol. The van der Waals surface area contributed by atoms with Crippen molar-refractivity contribution in [2.75, 3.05) is 42.9 Å². The van der Waals surface area contributed by atoms with Crippen LogP contribution < -0.4 is 15.5 Å². The number of nitrogens with zero attached hydrogens (tertiary/aromatic N) is 4. The molecule has 0 spiro atoms. The SMILES string of the molecule is O=C[C@H]1CCCNC1N1CCN2c3cc(-c4ccccc4O)nnc3NC[C@H]2C1. The molecule has 1 aromatic carbocycles. The highest BCUT2D eigenvalue weighted by Crippen LogP contribution is 2.36. The Balaban J connectivity index is 1.39. The van der Waals surface area contributed by atoms with Crippen molar-refractivity contribution >= 4 is 17.8 Å². The van der Waals surface area contributed by atoms with Crippen LogP contribution in [0.3, 0.4) is 0 Å². The van der Waals surface area contributed by atoms with Crippen LogP contribution in [0.5, 0.6) is 5.75 Å². The molecule has 152 valence electrons. The van der Waals surface area contributed by atoms with E-state index in [9.17, 15) is 9.90 Å². The monoisotopic (exact) mass is 394 g/mol. The van der Waals surface area contributed by atoms with E-state index in [1.165, 1.54) is 0 Å². The largest absolute Gasteiger partial charge is 0.507 e. The van der Waals surface area contributed by atoms with Gasteiger partial charge < -0.3 is 25.4 Å². The Morgan fingerprint density at radius 3 is 2.97 bits per heavy atom. The fraction of sp³-hybridized carbons (Fsp3) is 0.476. The molecule has 5 rings (SSSR count). The summed E-state index contributed by atoms with van der Waals surface area (Å²) >= 11 is 0. The van der Waals surface area contributed by atoms with Crippen molar-refractivity contribution in [1.29, 1.82) is 0 Å². The Kier molecular flexibility index (Phi) is 4.81. The molecule has 1 unspecified atom stereocenters. The van der Waals surface area contributed by atoms with E-state index in [1.807, 2.05) is 18.2 Å². The lowest BCUT2D eigenvalue weighted by Crippen LogP contribution is -2.64. The van der Waals surface area contributed by atoms with Crippen LogP contribution in [0.2, 0.25) is 0 Å². The average molecular weight is 394 g/mol. The van der Waals surface area contributed by atoms with Gasteiger partial charge in [0.05, 0.1) is 23.6 Å². The number of rotatable bonds is 3. The number of hydrogen-bond acceptors (Lipinski definition) is 8. The summed E-state index contributed by atoms with van der Waals surface area (Å²) in [6.45, 7) is 4.43. The van der Waals surface area contributed by atoms with Gasteiger partial charge in [-0.2, -0.15) is 0 Å². The van der Waals surface area contributed by atoms with E-state index in [0.717, 1.165) is 63.4 Å². The number of fused-ring (bicyclic) bond motifs is 3. The second-order valence-corrected chi connectivity index (χ2v) is 8.04. The molecule has 8 heteroatoms. The van der Waals surface area contributed by atoms with E-state index in [4.69, 9.17) is 0 Å². The lowest BCUT2D eigenvalue weighted by Gasteiger charge is -2.49. The highest BCUT2D eigenvalue weighted by molar-refractivity contribution is 5.76. The van der Waals surface area contributed by atoms with Gasteiger partial charge in [0.1, 0.15) is 12.0 Å². The molecule has 8 nitrogen and oxygen atoms in total. The van der Waals surface area contributed by atoms with Gasteiger partial charge >= 0.3 is 0 Å². The van der Waals surface area contributed by atoms with E-state index in [2.05, 4.69) is 30.6 Å². The van der Waals surface area contributed by atoms with Crippen LogP contribution in [-0.2, 0) is 4.79 Å². The van der Waals surface area contributed by atoms with E-state index in [0.29, 0.717) is 17.3 Å². The Bertz CT molecular complexity index is 906. The van der Waals surface area contributed by atoms with Crippen molar-refractivity contribution in [1.82, 2.24) is 20.4 Å². The van der Waals surface area contributed by atoms with Crippen molar-refractivity contribution in [3.8, 4) is 17.0 Å². The average Bonchev–Trinajstić information content (AvgIpc) is 2.78. The summed E-state index contributed by atoms with van der Waals surface area (Å²) in [6, 6.07) is 9.51. The minimum absolute atomic E-state index is 0.0673. The van der Waals surface area contributed by atoms with Gasteiger partial charge in [0.2, 0.25) is 0 Å². The fourth-order valence-electron chi connectivity index (χ4n) is 4.83. The molecule has 1 aromatic heterocycles. The molecule has 2 fully saturated rings. The first-order valence-electron chi connectivity index (χ1n) is 10.3. The molecule has 0 aliphatic carbocycles. The van der Waals surface area contributed by atoms with Crippen LogP contribution in [0.15, 0.2) is 30.3 Å². The van der Waals surface area contributed by atoms with E-state index in [-0.39, 0.29) is 17.8 Å². The topological polar surface area (TPSA) is 93.6 Å². The molecule has 3 atom stereocenters. The number of piperazine rings is 1. The third kappa shape index (κ3) is 3.32. The maximum Gasteiger partial charge on any atom is 0.172 e. The van der Waals surface area contributed by atoms with Crippen molar-refractivity contribution < 1.29 is 9.90 Å². The fourth-order valence-corrected chi connectivity index (χ4v) is 4.83. The lowest BCUT2D eigenvalue weighted by molar-refractivity contribution is -0.114. The summed E-state index contributed by atoms with van der Waals surface area (Å²) in [5.41, 5.74) is 2.38. The zero-order valence-corrected chi connectivity index (χ0v) is 16.3. The molecule has 29 heavy (non-hydrogen) atoms. The zero-order valence-electron chi connectivity index (χ0n) is 16.3. The van der Waals surface area contributed by atoms with Gasteiger partial charge in [-0.1, -0.05) is 12.1 Å². The van der Waals surface area contributed by atoms with Crippen LogP contribution in [0, 0.1) is 5.92 Å². The zero-order chi connectivity index (χ0) is 19.8. The van der Waals surface area contributed by atoms with Gasteiger partial charge in [0.15, 0.2) is 5.82 Å². The number of aromatic hydroxyl groups is 1. The van der Waals surface area contributed by atoms with E-state index in [1.54, 1.807) is 12.1 Å². The number of nitrogens with one attached hydrogen (secondary N) is 2. The maximum absolute atomic E-state index is 11.5. The Morgan fingerprint density at radius 1 is 1.21 bits per heavy atom. The number of hydrogen-bond donors (Lipinski definition) is 3. The molecular formula is C21H26N6O2. The van der Waals surface area contributed by atoms with Crippen LogP contribution in [0.4, 0.5) is 11.5 Å². The van der Waals surface area contributed by atoms with Gasteiger partial charge in [-0.15, -0.1) is 10.2 Å². The second-order valence-electron chi connectivity index (χ2n) is 8.04. The number of benzene rings is 1. The van der Waals surface area contributed by atoms with Crippen LogP contribution in [-0.4, -0.2) is 71.4 Å². The first-order valence-corrected chi connectivity index (χ1v) is 10.3. The molecule has 4 heterocycles. The molecule has 3 N–H and O–H groups in total. The number of phenols is 1. The molecule has 3 aliphatic heterocycles. The first-order chi connectivity index (χ1) is 14.2. The molecule has 0 bridgehead atoms. The lowest BCUT2D eigenvalue weighted by atomic mass is 9.95. The Morgan fingerprint density at radius 2 is 2.10 bits per heavy atom. The quantitative estimate of drug-likeness (QED) is 0.671. The third-order valence-corrected chi connectivity index (χ3v) is 6.32. The molecule has 0 saturated carbocycles. The number of para-hydroxylation sites is 1. The predicted octanol–water partition coefficient (Wildman–Crippen LogP) is 1.29. The maximum atomic E-state index is 11.5. The number of aldehydes is 1. The Labute approximate surface area is 169 Å². The molecule has 0 amide bonds. The van der Waals surface area contributed by atoms with Gasteiger partial charge in [0, 0.05) is 37.7 Å². The molecule has 0 radical (unpaired) electrons. The standard InChI is InChI=1S/C21H26N6O2/c28-13-14-4-3-7-22-21(14)26-8-9-27-15(12-26)11-23-20-18(27)10-17(24-25-20)16-5-1-2-6-19(16)29/h1-2,5-6,10,13-15,21-22,29H,3-4,7-9,11-12H2,(H,23,25)/t14-,15+,21?/m1/s1. The number of phenolic OH excluding ortho intramolecular Hbond substituents is 1. The first kappa shape index (κ1) is 18.3. The van der Waals surface area contributed by atoms with Crippen LogP contribution >= 0.6 is 0 Å². The minimum Gasteiger partial charge on any atom is -0.507 e. The van der Waals surface area contributed by atoms with Crippen molar-refractivity contribution in [2.45, 2.75) is 25.0 Å².